The van der Waals surface area contributed by atoms with Crippen molar-refractivity contribution in [1.82, 2.24) is 0 Å². The SMILES string of the molecule is CCONc1ccccc1OCC. The number of rotatable bonds is 5. The first kappa shape index (κ1) is 9.86. The zero-order valence-corrected chi connectivity index (χ0v) is 8.04. The van der Waals surface area contributed by atoms with Crippen LogP contribution in [0.5, 0.6) is 5.75 Å². The molecule has 0 fully saturated rings. The van der Waals surface area contributed by atoms with Crippen LogP contribution in [0.1, 0.15) is 13.8 Å². The van der Waals surface area contributed by atoms with Crippen LogP contribution in [0.4, 0.5) is 5.69 Å². The van der Waals surface area contributed by atoms with Crippen LogP contribution in [0.25, 0.3) is 0 Å². The maximum absolute atomic E-state index is 5.39. The van der Waals surface area contributed by atoms with Gasteiger partial charge in [-0.1, -0.05) is 12.1 Å². The van der Waals surface area contributed by atoms with Gasteiger partial charge in [0.25, 0.3) is 0 Å². The highest BCUT2D eigenvalue weighted by molar-refractivity contribution is 5.54. The Morgan fingerprint density at radius 3 is 2.62 bits per heavy atom. The topological polar surface area (TPSA) is 30.5 Å². The molecule has 72 valence electrons. The molecular weight excluding hydrogens is 166 g/mol. The Morgan fingerprint density at radius 2 is 1.92 bits per heavy atom. The molecule has 0 aromatic heterocycles. The third kappa shape index (κ3) is 2.95. The summed E-state index contributed by atoms with van der Waals surface area (Å²) in [6, 6.07) is 7.69. The van der Waals surface area contributed by atoms with Gasteiger partial charge >= 0.3 is 0 Å². The Kier molecular flexibility index (Phi) is 4.12. The molecule has 1 N–H and O–H groups in total. The van der Waals surface area contributed by atoms with Crippen molar-refractivity contribution in [3.8, 4) is 5.75 Å². The number of para-hydroxylation sites is 2. The van der Waals surface area contributed by atoms with Gasteiger partial charge in [-0.25, -0.2) is 0 Å². The van der Waals surface area contributed by atoms with Crippen LogP contribution in [-0.2, 0) is 4.84 Å². The third-order valence-electron chi connectivity index (χ3n) is 1.51. The Hall–Kier alpha value is -1.22. The van der Waals surface area contributed by atoms with Crippen molar-refractivity contribution in [3.63, 3.8) is 0 Å². The summed E-state index contributed by atoms with van der Waals surface area (Å²) in [5.74, 6) is 0.818. The lowest BCUT2D eigenvalue weighted by atomic mass is 10.3. The normalized spacial score (nSPS) is 9.69. The van der Waals surface area contributed by atoms with E-state index in [1.807, 2.05) is 38.1 Å². The molecule has 13 heavy (non-hydrogen) atoms. The molecule has 0 heterocycles. The average molecular weight is 181 g/mol. The van der Waals surface area contributed by atoms with Gasteiger partial charge in [0.1, 0.15) is 11.4 Å². The van der Waals surface area contributed by atoms with Gasteiger partial charge in [-0.3, -0.25) is 10.3 Å². The number of ether oxygens (including phenoxy) is 1. The Balaban J connectivity index is 2.66. The summed E-state index contributed by atoms with van der Waals surface area (Å²) in [5.41, 5.74) is 3.69. The molecule has 3 heteroatoms. The lowest BCUT2D eigenvalue weighted by Gasteiger charge is -2.10. The standard InChI is InChI=1S/C10H15NO2/c1-3-12-10-8-6-5-7-9(10)11-13-4-2/h5-8,11H,3-4H2,1-2H3. The largest absolute Gasteiger partial charge is 0.492 e. The van der Waals surface area contributed by atoms with Crippen LogP contribution in [0.3, 0.4) is 0 Å². The molecule has 0 saturated carbocycles. The van der Waals surface area contributed by atoms with Crippen molar-refractivity contribution < 1.29 is 9.57 Å². The maximum Gasteiger partial charge on any atom is 0.144 e. The quantitative estimate of drug-likeness (QED) is 0.708. The molecule has 0 aliphatic carbocycles. The fourth-order valence-electron chi connectivity index (χ4n) is 0.982. The second-order valence-electron chi connectivity index (χ2n) is 2.46. The highest BCUT2D eigenvalue weighted by atomic mass is 16.6. The van der Waals surface area contributed by atoms with Gasteiger partial charge in [-0.2, -0.15) is 0 Å². The van der Waals surface area contributed by atoms with E-state index in [1.54, 1.807) is 0 Å². The lowest BCUT2D eigenvalue weighted by Crippen LogP contribution is -2.03. The third-order valence-corrected chi connectivity index (χ3v) is 1.51. The van der Waals surface area contributed by atoms with Crippen molar-refractivity contribution in [2.75, 3.05) is 18.7 Å². The minimum absolute atomic E-state index is 0.625. The summed E-state index contributed by atoms with van der Waals surface area (Å²) in [6.45, 7) is 5.17. The number of benzene rings is 1. The van der Waals surface area contributed by atoms with Crippen molar-refractivity contribution in [3.05, 3.63) is 24.3 Å². The van der Waals surface area contributed by atoms with Gasteiger partial charge < -0.3 is 4.74 Å². The second-order valence-corrected chi connectivity index (χ2v) is 2.46. The van der Waals surface area contributed by atoms with E-state index in [-0.39, 0.29) is 0 Å². The lowest BCUT2D eigenvalue weighted by molar-refractivity contribution is 0.208. The molecule has 0 bridgehead atoms. The molecule has 0 amide bonds. The van der Waals surface area contributed by atoms with Crippen LogP contribution in [0, 0.1) is 0 Å². The summed E-state index contributed by atoms with van der Waals surface area (Å²) in [6.07, 6.45) is 0. The van der Waals surface area contributed by atoms with E-state index in [0.29, 0.717) is 13.2 Å². The smallest absolute Gasteiger partial charge is 0.144 e. The average Bonchev–Trinajstić information content (AvgIpc) is 2.17. The molecule has 1 aromatic carbocycles. The van der Waals surface area contributed by atoms with E-state index in [4.69, 9.17) is 9.57 Å². The van der Waals surface area contributed by atoms with Gasteiger partial charge in [0.2, 0.25) is 0 Å². The zero-order chi connectivity index (χ0) is 9.52. The van der Waals surface area contributed by atoms with E-state index in [2.05, 4.69) is 5.48 Å². The summed E-state index contributed by atoms with van der Waals surface area (Å²) in [4.78, 5) is 5.08. The first-order valence-electron chi connectivity index (χ1n) is 4.48. The summed E-state index contributed by atoms with van der Waals surface area (Å²) < 4.78 is 5.39. The molecule has 1 aromatic rings. The zero-order valence-electron chi connectivity index (χ0n) is 8.04. The van der Waals surface area contributed by atoms with Gasteiger partial charge in [-0.05, 0) is 26.0 Å². The van der Waals surface area contributed by atoms with Gasteiger partial charge in [0.05, 0.1) is 13.2 Å². The maximum atomic E-state index is 5.39. The fraction of sp³-hybridized carbons (Fsp3) is 0.400. The number of anilines is 1. The Labute approximate surface area is 78.6 Å². The van der Waals surface area contributed by atoms with Crippen molar-refractivity contribution in [1.29, 1.82) is 0 Å². The van der Waals surface area contributed by atoms with E-state index < -0.39 is 0 Å². The minimum Gasteiger partial charge on any atom is -0.492 e. The minimum atomic E-state index is 0.625. The van der Waals surface area contributed by atoms with Crippen molar-refractivity contribution >= 4 is 5.69 Å². The summed E-state index contributed by atoms with van der Waals surface area (Å²) >= 11 is 0. The predicted octanol–water partition coefficient (Wildman–Crippen LogP) is 2.45. The van der Waals surface area contributed by atoms with Crippen LogP contribution in [-0.4, -0.2) is 13.2 Å². The van der Waals surface area contributed by atoms with E-state index in [9.17, 15) is 0 Å². The van der Waals surface area contributed by atoms with Crippen molar-refractivity contribution in [2.24, 2.45) is 0 Å². The van der Waals surface area contributed by atoms with Gasteiger partial charge in [0.15, 0.2) is 0 Å². The Morgan fingerprint density at radius 1 is 1.15 bits per heavy atom. The van der Waals surface area contributed by atoms with E-state index >= 15 is 0 Å². The summed E-state index contributed by atoms with van der Waals surface area (Å²) in [5, 5.41) is 0. The fourth-order valence-corrected chi connectivity index (χ4v) is 0.982. The summed E-state index contributed by atoms with van der Waals surface area (Å²) in [7, 11) is 0. The second kappa shape index (κ2) is 5.43. The number of nitrogens with one attached hydrogen (secondary N) is 1. The van der Waals surface area contributed by atoms with Crippen LogP contribution < -0.4 is 10.2 Å². The van der Waals surface area contributed by atoms with Crippen LogP contribution >= 0.6 is 0 Å². The molecule has 0 radical (unpaired) electrons. The van der Waals surface area contributed by atoms with Crippen LogP contribution in [0.2, 0.25) is 0 Å². The molecule has 0 aliphatic heterocycles. The predicted molar refractivity (Wildman–Crippen MR) is 52.9 cm³/mol. The molecule has 1 rings (SSSR count). The van der Waals surface area contributed by atoms with Gasteiger partial charge in [-0.15, -0.1) is 0 Å². The Bertz CT molecular complexity index is 250. The monoisotopic (exact) mass is 181 g/mol. The van der Waals surface area contributed by atoms with E-state index in [1.165, 1.54) is 0 Å². The molecule has 0 aliphatic rings. The first-order chi connectivity index (χ1) is 6.38. The highest BCUT2D eigenvalue weighted by Gasteiger charge is 1.99. The number of hydrogen-bond donors (Lipinski definition) is 1. The van der Waals surface area contributed by atoms with Crippen molar-refractivity contribution in [2.45, 2.75) is 13.8 Å². The molecule has 3 nitrogen and oxygen atoms in total. The highest BCUT2D eigenvalue weighted by Crippen LogP contribution is 2.23. The van der Waals surface area contributed by atoms with E-state index in [0.717, 1.165) is 11.4 Å². The molecule has 0 saturated heterocycles. The molecular formula is C10H15NO2. The molecule has 0 unspecified atom stereocenters. The first-order valence-corrected chi connectivity index (χ1v) is 4.48. The number of hydrogen-bond acceptors (Lipinski definition) is 3. The van der Waals surface area contributed by atoms with Gasteiger partial charge in [0, 0.05) is 0 Å². The molecule has 0 spiro atoms. The van der Waals surface area contributed by atoms with Crippen LogP contribution in [0.15, 0.2) is 24.3 Å². The molecule has 0 atom stereocenters.